The van der Waals surface area contributed by atoms with Crippen LogP contribution in [0.3, 0.4) is 0 Å². The minimum Gasteiger partial charge on any atom is -0.343 e. The first-order valence-corrected chi connectivity index (χ1v) is 13.4. The lowest BCUT2D eigenvalue weighted by Gasteiger charge is -2.22. The SMILES string of the molecule is Cc1c(-c2c(-c3ccccc3)c3ccccc3n2C)cccc1-c1cc(C2CCCCC2)cc[n+]1C. The van der Waals surface area contributed by atoms with Crippen LogP contribution in [0, 0.1) is 6.92 Å². The van der Waals surface area contributed by atoms with Gasteiger partial charge in [0, 0.05) is 46.8 Å². The number of nitrogens with zero attached hydrogens (tertiary/aromatic N) is 2. The van der Waals surface area contributed by atoms with Crippen LogP contribution in [0.1, 0.15) is 49.1 Å². The van der Waals surface area contributed by atoms with Gasteiger partial charge in [-0.15, -0.1) is 0 Å². The van der Waals surface area contributed by atoms with Crippen LogP contribution in [-0.2, 0) is 14.1 Å². The van der Waals surface area contributed by atoms with Crippen LogP contribution in [0.5, 0.6) is 0 Å². The molecule has 2 nitrogen and oxygen atoms in total. The van der Waals surface area contributed by atoms with Crippen molar-refractivity contribution >= 4 is 10.9 Å². The molecular weight excluding hydrogens is 436 g/mol. The molecule has 1 saturated carbocycles. The highest BCUT2D eigenvalue weighted by atomic mass is 15.0. The third kappa shape index (κ3) is 3.86. The van der Waals surface area contributed by atoms with Crippen LogP contribution < -0.4 is 4.57 Å². The Bertz CT molecular complexity index is 1540. The molecule has 180 valence electrons. The van der Waals surface area contributed by atoms with Gasteiger partial charge in [0.2, 0.25) is 5.69 Å². The lowest BCUT2D eigenvalue weighted by molar-refractivity contribution is -0.660. The number of pyridine rings is 1. The maximum absolute atomic E-state index is 2.46. The molecule has 0 N–H and O–H groups in total. The van der Waals surface area contributed by atoms with Gasteiger partial charge >= 0.3 is 0 Å². The summed E-state index contributed by atoms with van der Waals surface area (Å²) in [7, 11) is 4.39. The van der Waals surface area contributed by atoms with E-state index < -0.39 is 0 Å². The summed E-state index contributed by atoms with van der Waals surface area (Å²) in [6, 6.07) is 31.3. The average Bonchev–Trinajstić information content (AvgIpc) is 3.22. The summed E-state index contributed by atoms with van der Waals surface area (Å²) in [6.45, 7) is 2.30. The molecule has 0 saturated heterocycles. The number of hydrogen-bond donors (Lipinski definition) is 0. The Morgan fingerprint density at radius 3 is 2.31 bits per heavy atom. The Hall–Kier alpha value is -3.65. The Morgan fingerprint density at radius 1 is 0.778 bits per heavy atom. The van der Waals surface area contributed by atoms with Crippen molar-refractivity contribution in [3.05, 3.63) is 102 Å². The summed E-state index contributed by atoms with van der Waals surface area (Å²) >= 11 is 0. The first-order valence-electron chi connectivity index (χ1n) is 13.4. The summed E-state index contributed by atoms with van der Waals surface area (Å²) in [5.74, 6) is 0.699. The first kappa shape index (κ1) is 22.8. The van der Waals surface area contributed by atoms with Crippen molar-refractivity contribution in [3.63, 3.8) is 0 Å². The predicted octanol–water partition coefficient (Wildman–Crippen LogP) is 8.36. The van der Waals surface area contributed by atoms with E-state index in [0.29, 0.717) is 5.92 Å². The molecule has 1 aliphatic rings. The third-order valence-electron chi connectivity index (χ3n) is 8.28. The molecule has 0 atom stereocenters. The Kier molecular flexibility index (Phi) is 5.97. The van der Waals surface area contributed by atoms with Gasteiger partial charge in [-0.1, -0.05) is 79.9 Å². The van der Waals surface area contributed by atoms with Crippen LogP contribution in [0.2, 0.25) is 0 Å². The van der Waals surface area contributed by atoms with Gasteiger partial charge in [0.05, 0.1) is 5.69 Å². The lowest BCUT2D eigenvalue weighted by Crippen LogP contribution is -2.31. The molecule has 2 heterocycles. The zero-order valence-corrected chi connectivity index (χ0v) is 21.7. The van der Waals surface area contributed by atoms with Gasteiger partial charge in [0.25, 0.3) is 0 Å². The fourth-order valence-corrected chi connectivity index (χ4v) is 6.32. The number of hydrogen-bond acceptors (Lipinski definition) is 0. The number of aryl methyl sites for hydroxylation is 2. The minimum absolute atomic E-state index is 0.699. The van der Waals surface area contributed by atoms with Gasteiger partial charge in [-0.2, -0.15) is 0 Å². The van der Waals surface area contributed by atoms with Gasteiger partial charge in [0.1, 0.15) is 7.05 Å². The molecule has 36 heavy (non-hydrogen) atoms. The molecule has 1 fully saturated rings. The van der Waals surface area contributed by atoms with E-state index >= 15 is 0 Å². The number of fused-ring (bicyclic) bond motifs is 1. The van der Waals surface area contributed by atoms with Crippen LogP contribution >= 0.6 is 0 Å². The topological polar surface area (TPSA) is 8.81 Å². The van der Waals surface area contributed by atoms with E-state index in [1.165, 1.54) is 87.8 Å². The molecule has 2 heteroatoms. The zero-order valence-electron chi connectivity index (χ0n) is 21.7. The van der Waals surface area contributed by atoms with E-state index in [1.807, 2.05) is 0 Å². The number of aromatic nitrogens is 2. The maximum atomic E-state index is 2.46. The normalized spacial score (nSPS) is 14.4. The molecule has 6 rings (SSSR count). The summed E-state index contributed by atoms with van der Waals surface area (Å²) in [4.78, 5) is 0. The van der Waals surface area contributed by atoms with Gasteiger partial charge in [-0.25, -0.2) is 4.57 Å². The van der Waals surface area contributed by atoms with Gasteiger partial charge in [-0.3, -0.25) is 0 Å². The molecule has 0 spiro atoms. The van der Waals surface area contributed by atoms with E-state index in [0.717, 1.165) is 0 Å². The molecule has 2 aromatic heterocycles. The molecule has 0 amide bonds. The van der Waals surface area contributed by atoms with Crippen molar-refractivity contribution in [3.8, 4) is 33.6 Å². The van der Waals surface area contributed by atoms with Crippen molar-refractivity contribution < 1.29 is 4.57 Å². The van der Waals surface area contributed by atoms with Crippen molar-refractivity contribution in [1.82, 2.24) is 4.57 Å². The Morgan fingerprint density at radius 2 is 1.50 bits per heavy atom. The monoisotopic (exact) mass is 471 g/mol. The highest BCUT2D eigenvalue weighted by Gasteiger charge is 2.24. The average molecular weight is 472 g/mol. The summed E-state index contributed by atoms with van der Waals surface area (Å²) in [6.07, 6.45) is 9.01. The highest BCUT2D eigenvalue weighted by molar-refractivity contribution is 6.05. The molecule has 0 unspecified atom stereocenters. The minimum atomic E-state index is 0.699. The molecule has 1 aliphatic carbocycles. The molecule has 0 radical (unpaired) electrons. The fraction of sp³-hybridized carbons (Fsp3) is 0.265. The summed E-state index contributed by atoms with van der Waals surface area (Å²) in [5.41, 5.74) is 11.9. The largest absolute Gasteiger partial charge is 0.343 e. The molecule has 0 bridgehead atoms. The Balaban J connectivity index is 1.55. The van der Waals surface area contributed by atoms with Crippen molar-refractivity contribution in [2.75, 3.05) is 0 Å². The number of benzene rings is 3. The van der Waals surface area contributed by atoms with Crippen LogP contribution in [-0.4, -0.2) is 4.57 Å². The number of para-hydroxylation sites is 1. The predicted molar refractivity (Wildman–Crippen MR) is 151 cm³/mol. The second-order valence-corrected chi connectivity index (χ2v) is 10.4. The standard InChI is InChI=1S/C34H35N2/c1-24-28(32-23-27(21-22-35(32)2)25-13-6-4-7-14-25)18-12-19-29(24)34-33(26-15-8-5-9-16-26)30-17-10-11-20-31(30)36(34)3/h5,8-12,15-23,25H,4,6-7,13-14H2,1-3H3/q+1. The molecule has 3 aromatic carbocycles. The van der Waals surface area contributed by atoms with E-state index in [-0.39, 0.29) is 0 Å². The maximum Gasteiger partial charge on any atom is 0.212 e. The van der Waals surface area contributed by atoms with Crippen molar-refractivity contribution in [1.29, 1.82) is 0 Å². The third-order valence-corrected chi connectivity index (χ3v) is 8.28. The van der Waals surface area contributed by atoms with Gasteiger partial charge in [-0.05, 0) is 54.5 Å². The van der Waals surface area contributed by atoms with Crippen molar-refractivity contribution in [2.24, 2.45) is 14.1 Å². The van der Waals surface area contributed by atoms with Crippen LogP contribution in [0.15, 0.2) is 91.1 Å². The smallest absolute Gasteiger partial charge is 0.212 e. The summed E-state index contributed by atoms with van der Waals surface area (Å²) in [5, 5.41) is 1.30. The van der Waals surface area contributed by atoms with Crippen LogP contribution in [0.4, 0.5) is 0 Å². The lowest BCUT2D eigenvalue weighted by atomic mass is 9.83. The van der Waals surface area contributed by atoms with Crippen molar-refractivity contribution in [2.45, 2.75) is 44.9 Å². The Labute approximate surface area is 214 Å². The first-order chi connectivity index (χ1) is 17.6. The van der Waals surface area contributed by atoms with Crippen LogP contribution in [0.25, 0.3) is 44.5 Å². The van der Waals surface area contributed by atoms with E-state index in [9.17, 15) is 0 Å². The molecule has 0 aliphatic heterocycles. The molecule has 5 aromatic rings. The number of rotatable bonds is 4. The van der Waals surface area contributed by atoms with E-state index in [2.05, 4.69) is 121 Å². The molecular formula is C34H35N2+. The quantitative estimate of drug-likeness (QED) is 0.233. The van der Waals surface area contributed by atoms with E-state index in [4.69, 9.17) is 0 Å². The zero-order chi connectivity index (χ0) is 24.6. The second kappa shape index (κ2) is 9.43. The van der Waals surface area contributed by atoms with Gasteiger partial charge < -0.3 is 4.57 Å². The van der Waals surface area contributed by atoms with Gasteiger partial charge in [0.15, 0.2) is 6.20 Å². The fourth-order valence-electron chi connectivity index (χ4n) is 6.32. The van der Waals surface area contributed by atoms with E-state index in [1.54, 1.807) is 0 Å². The second-order valence-electron chi connectivity index (χ2n) is 10.4. The highest BCUT2D eigenvalue weighted by Crippen LogP contribution is 2.43. The summed E-state index contributed by atoms with van der Waals surface area (Å²) < 4.78 is 4.67.